The maximum Gasteiger partial charge on any atom is 0.407 e. The predicted octanol–water partition coefficient (Wildman–Crippen LogP) is 3.14. The molecule has 1 aliphatic carbocycles. The Morgan fingerprint density at radius 2 is 2.12 bits per heavy atom. The maximum atomic E-state index is 11.6. The molecule has 1 aromatic rings. The first kappa shape index (κ1) is 23.2. The Balaban J connectivity index is 0.00000338. The van der Waals surface area contributed by atoms with Crippen LogP contribution in [0.3, 0.4) is 0 Å². The van der Waals surface area contributed by atoms with Crippen molar-refractivity contribution in [1.29, 1.82) is 0 Å². The van der Waals surface area contributed by atoms with Crippen molar-refractivity contribution in [3.05, 3.63) is 21.9 Å². The summed E-state index contributed by atoms with van der Waals surface area (Å²) in [6.07, 6.45) is 1.85. The van der Waals surface area contributed by atoms with Crippen molar-refractivity contribution in [3.8, 4) is 0 Å². The second-order valence-electron chi connectivity index (χ2n) is 5.95. The predicted molar refractivity (Wildman–Crippen MR) is 116 cm³/mol. The van der Waals surface area contributed by atoms with Gasteiger partial charge in [0.25, 0.3) is 0 Å². The second kappa shape index (κ2) is 11.1. The van der Waals surface area contributed by atoms with Gasteiger partial charge in [-0.25, -0.2) is 4.79 Å². The number of rotatable bonds is 7. The van der Waals surface area contributed by atoms with Gasteiger partial charge in [0.2, 0.25) is 0 Å². The molecule has 0 bridgehead atoms. The fourth-order valence-electron chi connectivity index (χ4n) is 2.52. The summed E-state index contributed by atoms with van der Waals surface area (Å²) in [6.45, 7) is 3.26. The van der Waals surface area contributed by atoms with Crippen LogP contribution >= 0.6 is 47.2 Å². The topological polar surface area (TPSA) is 79.7 Å². The van der Waals surface area contributed by atoms with Crippen LogP contribution in [-0.4, -0.2) is 42.9 Å². The molecule has 0 saturated heterocycles. The molecule has 1 unspecified atom stereocenters. The van der Waals surface area contributed by atoms with Crippen molar-refractivity contribution in [2.45, 2.75) is 32.4 Å². The van der Waals surface area contributed by atoms with Gasteiger partial charge in [0.05, 0.1) is 24.2 Å². The Labute approximate surface area is 181 Å². The van der Waals surface area contributed by atoms with E-state index in [1.165, 1.54) is 0 Å². The summed E-state index contributed by atoms with van der Waals surface area (Å²) in [5.74, 6) is 1.13. The molecule has 0 radical (unpaired) electrons. The van der Waals surface area contributed by atoms with Gasteiger partial charge in [-0.15, -0.1) is 24.0 Å². The normalized spacial score (nSPS) is 15.0. The van der Waals surface area contributed by atoms with Crippen molar-refractivity contribution in [2.75, 3.05) is 20.2 Å². The number of hydrogen-bond acceptors (Lipinski definition) is 3. The minimum Gasteiger partial charge on any atom is -0.450 e. The molecule has 1 aromatic heterocycles. The van der Waals surface area contributed by atoms with Crippen LogP contribution < -0.4 is 16.0 Å². The minimum absolute atomic E-state index is 0. The number of nitrogens with zero attached hydrogens (tertiary/aromatic N) is 2. The number of aliphatic imine (C=N–C) groups is 1. The third-order valence-corrected chi connectivity index (χ3v) is 4.98. The fourth-order valence-corrected chi connectivity index (χ4v) is 2.93. The van der Waals surface area contributed by atoms with Crippen molar-refractivity contribution in [1.82, 2.24) is 20.5 Å². The highest BCUT2D eigenvalue weighted by atomic mass is 127. The van der Waals surface area contributed by atoms with E-state index in [1.807, 2.05) is 17.7 Å². The third-order valence-electron chi connectivity index (χ3n) is 4.14. The number of amides is 1. The van der Waals surface area contributed by atoms with E-state index >= 15 is 0 Å². The Morgan fingerprint density at radius 1 is 1.42 bits per heavy atom. The van der Waals surface area contributed by atoms with Crippen LogP contribution in [-0.2, 0) is 18.3 Å². The van der Waals surface area contributed by atoms with Crippen LogP contribution in [0.2, 0.25) is 10.2 Å². The molecule has 1 saturated carbocycles. The number of halogens is 3. The largest absolute Gasteiger partial charge is 0.450 e. The smallest absolute Gasteiger partial charge is 0.407 e. The molecule has 1 aliphatic rings. The average Bonchev–Trinajstić information content (AvgIpc) is 3.39. The van der Waals surface area contributed by atoms with Gasteiger partial charge in [0.15, 0.2) is 5.96 Å². The molecule has 3 N–H and O–H groups in total. The van der Waals surface area contributed by atoms with Crippen LogP contribution in [0, 0.1) is 5.92 Å². The summed E-state index contributed by atoms with van der Waals surface area (Å²) in [5, 5.41) is 10.4. The van der Waals surface area contributed by atoms with Crippen molar-refractivity contribution in [3.63, 3.8) is 0 Å². The van der Waals surface area contributed by atoms with Crippen LogP contribution in [0.4, 0.5) is 4.79 Å². The lowest BCUT2D eigenvalue weighted by molar-refractivity contribution is 0.146. The van der Waals surface area contributed by atoms with Gasteiger partial charge < -0.3 is 25.3 Å². The first-order valence-electron chi connectivity index (χ1n) is 8.33. The van der Waals surface area contributed by atoms with Crippen LogP contribution in [0.15, 0.2) is 11.1 Å². The standard InChI is InChI=1S/C16H25Cl2N5O2.HI/c1-4-25-16(24)22-13(10-5-6-10)9-21-15(19-2)20-8-11-7-12(17)14(18)23(11)3;/h7,10,13H,4-6,8-9H2,1-3H3,(H,22,24)(H2,19,20,21);1H. The number of alkyl carbamates (subject to hydrolysis) is 1. The molecule has 148 valence electrons. The zero-order valence-electron chi connectivity index (χ0n) is 15.1. The molecular formula is C16H26Cl2IN5O2. The lowest BCUT2D eigenvalue weighted by Gasteiger charge is -2.20. The number of hydrogen-bond donors (Lipinski definition) is 3. The van der Waals surface area contributed by atoms with Crippen LogP contribution in [0.25, 0.3) is 0 Å². The lowest BCUT2D eigenvalue weighted by atomic mass is 10.2. The molecule has 1 atom stereocenters. The van der Waals surface area contributed by atoms with E-state index in [-0.39, 0.29) is 36.1 Å². The maximum absolute atomic E-state index is 11.6. The summed E-state index contributed by atoms with van der Waals surface area (Å²) in [5.41, 5.74) is 0.946. The Morgan fingerprint density at radius 3 is 2.62 bits per heavy atom. The van der Waals surface area contributed by atoms with Crippen LogP contribution in [0.1, 0.15) is 25.5 Å². The molecule has 2 rings (SSSR count). The second-order valence-corrected chi connectivity index (χ2v) is 6.71. The molecule has 0 spiro atoms. The number of aromatic nitrogens is 1. The Hall–Kier alpha value is -0.870. The molecule has 0 aliphatic heterocycles. The highest BCUT2D eigenvalue weighted by Crippen LogP contribution is 2.32. The SMILES string of the molecule is CCOC(=O)NC(CNC(=NC)NCc1cc(Cl)c(Cl)n1C)C1CC1.I. The number of carbonyl (C=O) groups is 1. The first-order valence-corrected chi connectivity index (χ1v) is 9.09. The molecule has 10 heteroatoms. The third kappa shape index (κ3) is 6.70. The molecule has 1 amide bonds. The number of guanidine groups is 1. The number of nitrogens with one attached hydrogen (secondary N) is 3. The zero-order valence-corrected chi connectivity index (χ0v) is 19.0. The summed E-state index contributed by atoms with van der Waals surface area (Å²) >= 11 is 12.1. The van der Waals surface area contributed by atoms with Crippen molar-refractivity contribution >= 4 is 59.2 Å². The highest BCUT2D eigenvalue weighted by molar-refractivity contribution is 14.0. The van der Waals surface area contributed by atoms with Gasteiger partial charge >= 0.3 is 6.09 Å². The Bertz CT molecular complexity index is 634. The number of ether oxygens (including phenoxy) is 1. The van der Waals surface area contributed by atoms with E-state index in [0.717, 1.165) is 18.5 Å². The quantitative estimate of drug-likeness (QED) is 0.295. The van der Waals surface area contributed by atoms with Gasteiger partial charge in [-0.3, -0.25) is 4.99 Å². The summed E-state index contributed by atoms with van der Waals surface area (Å²) in [6, 6.07) is 1.84. The fraction of sp³-hybridized carbons (Fsp3) is 0.625. The Kier molecular flexibility index (Phi) is 9.88. The minimum atomic E-state index is -0.378. The molecule has 7 nitrogen and oxygen atoms in total. The van der Waals surface area contributed by atoms with E-state index in [4.69, 9.17) is 27.9 Å². The van der Waals surface area contributed by atoms with E-state index in [1.54, 1.807) is 14.0 Å². The highest BCUT2D eigenvalue weighted by Gasteiger charge is 2.32. The van der Waals surface area contributed by atoms with Crippen LogP contribution in [0.5, 0.6) is 0 Å². The first-order chi connectivity index (χ1) is 12.0. The summed E-state index contributed by atoms with van der Waals surface area (Å²) in [7, 11) is 3.55. The zero-order chi connectivity index (χ0) is 18.4. The molecular weight excluding hydrogens is 492 g/mol. The molecule has 1 heterocycles. The van der Waals surface area contributed by atoms with E-state index in [2.05, 4.69) is 20.9 Å². The van der Waals surface area contributed by atoms with Gasteiger partial charge in [-0.2, -0.15) is 0 Å². The van der Waals surface area contributed by atoms with Gasteiger partial charge in [-0.05, 0) is 31.7 Å². The van der Waals surface area contributed by atoms with E-state index in [9.17, 15) is 4.79 Å². The monoisotopic (exact) mass is 517 g/mol. The number of carbonyl (C=O) groups excluding carboxylic acids is 1. The summed E-state index contributed by atoms with van der Waals surface area (Å²) < 4.78 is 6.78. The molecule has 1 fully saturated rings. The van der Waals surface area contributed by atoms with Gasteiger partial charge in [-0.1, -0.05) is 23.2 Å². The van der Waals surface area contributed by atoms with E-state index < -0.39 is 0 Å². The van der Waals surface area contributed by atoms with Gasteiger partial charge in [0, 0.05) is 26.3 Å². The average molecular weight is 518 g/mol. The van der Waals surface area contributed by atoms with E-state index in [0.29, 0.717) is 41.7 Å². The van der Waals surface area contributed by atoms with Crippen molar-refractivity contribution in [2.24, 2.45) is 18.0 Å². The lowest BCUT2D eigenvalue weighted by Crippen LogP contribution is -2.48. The van der Waals surface area contributed by atoms with Crippen molar-refractivity contribution < 1.29 is 9.53 Å². The molecule has 26 heavy (non-hydrogen) atoms. The molecule has 0 aromatic carbocycles. The summed E-state index contributed by atoms with van der Waals surface area (Å²) in [4.78, 5) is 15.9. The van der Waals surface area contributed by atoms with Gasteiger partial charge in [0.1, 0.15) is 5.15 Å².